The van der Waals surface area contributed by atoms with Gasteiger partial charge in [0.25, 0.3) is 0 Å². The molecular weight excluding hydrogens is 208 g/mol. The van der Waals surface area contributed by atoms with Crippen molar-refractivity contribution in [3.63, 3.8) is 0 Å². The summed E-state index contributed by atoms with van der Waals surface area (Å²) in [5.41, 5.74) is 0. The maximum atomic E-state index is 3.66. The Morgan fingerprint density at radius 2 is 2.00 bits per heavy atom. The predicted octanol–water partition coefficient (Wildman–Crippen LogP) is 3.28. The average molecular weight is 240 g/mol. The van der Waals surface area contributed by atoms with Gasteiger partial charge in [-0.15, -0.1) is 0 Å². The molecule has 0 aromatic rings. The number of rotatable bonds is 11. The third-order valence-electron chi connectivity index (χ3n) is 3.82. The highest BCUT2D eigenvalue weighted by Gasteiger charge is 2.23. The summed E-state index contributed by atoms with van der Waals surface area (Å²) in [6, 6.07) is 0.696. The third kappa shape index (κ3) is 7.77. The van der Waals surface area contributed by atoms with Gasteiger partial charge >= 0.3 is 0 Å². The Balaban J connectivity index is 1.96. The summed E-state index contributed by atoms with van der Waals surface area (Å²) in [6.07, 6.45) is 8.37. The van der Waals surface area contributed by atoms with Crippen LogP contribution in [-0.2, 0) is 0 Å². The molecule has 1 atom stereocenters. The normalized spacial score (nSPS) is 17.6. The van der Waals surface area contributed by atoms with E-state index in [2.05, 4.69) is 31.0 Å². The van der Waals surface area contributed by atoms with E-state index in [4.69, 9.17) is 0 Å². The number of nitrogens with zero attached hydrogens (tertiary/aromatic N) is 1. The minimum Gasteiger partial charge on any atom is -0.313 e. The number of hydrogen-bond donors (Lipinski definition) is 1. The van der Waals surface area contributed by atoms with E-state index in [0.717, 1.165) is 12.5 Å². The molecule has 1 unspecified atom stereocenters. The van der Waals surface area contributed by atoms with Crippen molar-refractivity contribution in [1.29, 1.82) is 0 Å². The van der Waals surface area contributed by atoms with Gasteiger partial charge in [0.2, 0.25) is 0 Å². The molecule has 1 aliphatic carbocycles. The van der Waals surface area contributed by atoms with E-state index in [1.807, 2.05) is 0 Å². The Bertz CT molecular complexity index is 178. The van der Waals surface area contributed by atoms with E-state index in [9.17, 15) is 0 Å². The first-order chi connectivity index (χ1) is 8.26. The van der Waals surface area contributed by atoms with Gasteiger partial charge in [0.1, 0.15) is 0 Å². The van der Waals surface area contributed by atoms with Gasteiger partial charge in [-0.25, -0.2) is 0 Å². The van der Waals surface area contributed by atoms with Crippen molar-refractivity contribution in [1.82, 2.24) is 10.2 Å². The summed E-state index contributed by atoms with van der Waals surface area (Å²) in [5.74, 6) is 1.02. The van der Waals surface area contributed by atoms with Crippen LogP contribution in [0.4, 0.5) is 0 Å². The molecule has 1 aliphatic rings. The van der Waals surface area contributed by atoms with Crippen molar-refractivity contribution in [3.8, 4) is 0 Å². The molecule has 0 aliphatic heterocycles. The zero-order chi connectivity index (χ0) is 12.5. The van der Waals surface area contributed by atoms with Crippen molar-refractivity contribution in [3.05, 3.63) is 0 Å². The van der Waals surface area contributed by atoms with Crippen LogP contribution >= 0.6 is 0 Å². The van der Waals surface area contributed by atoms with Crippen molar-refractivity contribution in [2.75, 3.05) is 26.2 Å². The molecule has 0 saturated heterocycles. The van der Waals surface area contributed by atoms with Crippen LogP contribution < -0.4 is 5.32 Å². The first-order valence-electron chi connectivity index (χ1n) is 7.72. The highest BCUT2D eigenvalue weighted by atomic mass is 15.1. The molecule has 0 amide bonds. The number of unbranched alkanes of at least 4 members (excludes halogenated alkanes) is 2. The van der Waals surface area contributed by atoms with Gasteiger partial charge in [0, 0.05) is 25.7 Å². The van der Waals surface area contributed by atoms with Gasteiger partial charge in [-0.2, -0.15) is 0 Å². The summed E-state index contributed by atoms with van der Waals surface area (Å²) in [4.78, 5) is 2.60. The van der Waals surface area contributed by atoms with E-state index in [-0.39, 0.29) is 0 Å². The molecule has 2 heteroatoms. The zero-order valence-electron chi connectivity index (χ0n) is 12.2. The lowest BCUT2D eigenvalue weighted by atomic mass is 10.1. The summed E-state index contributed by atoms with van der Waals surface area (Å²) >= 11 is 0. The minimum atomic E-state index is 0.696. The van der Waals surface area contributed by atoms with Crippen LogP contribution in [0.1, 0.15) is 59.3 Å². The summed E-state index contributed by atoms with van der Waals surface area (Å²) in [7, 11) is 0. The van der Waals surface area contributed by atoms with Crippen LogP contribution in [0.5, 0.6) is 0 Å². The number of likely N-dealkylation sites (N-methyl/N-ethyl adjacent to an activating group) is 1. The lowest BCUT2D eigenvalue weighted by Gasteiger charge is -2.22. The Morgan fingerprint density at radius 3 is 2.59 bits per heavy atom. The Labute approximate surface area is 108 Å². The second-order valence-corrected chi connectivity index (χ2v) is 5.69. The Morgan fingerprint density at radius 1 is 1.24 bits per heavy atom. The quantitative estimate of drug-likeness (QED) is 0.558. The van der Waals surface area contributed by atoms with Gasteiger partial charge < -0.3 is 10.2 Å². The topological polar surface area (TPSA) is 15.3 Å². The maximum Gasteiger partial charge on any atom is 0.0107 e. The average Bonchev–Trinajstić information content (AvgIpc) is 3.12. The van der Waals surface area contributed by atoms with Crippen LogP contribution in [0.25, 0.3) is 0 Å². The van der Waals surface area contributed by atoms with Crippen molar-refractivity contribution in [2.45, 2.75) is 65.3 Å². The first-order valence-corrected chi connectivity index (χ1v) is 7.72. The lowest BCUT2D eigenvalue weighted by Crippen LogP contribution is -2.36. The van der Waals surface area contributed by atoms with Gasteiger partial charge in [-0.05, 0) is 38.6 Å². The highest BCUT2D eigenvalue weighted by Crippen LogP contribution is 2.29. The molecule has 1 rings (SSSR count). The fourth-order valence-electron chi connectivity index (χ4n) is 2.32. The molecule has 1 saturated carbocycles. The van der Waals surface area contributed by atoms with Gasteiger partial charge in [-0.3, -0.25) is 0 Å². The smallest absolute Gasteiger partial charge is 0.0107 e. The van der Waals surface area contributed by atoms with Crippen LogP contribution in [0.2, 0.25) is 0 Å². The van der Waals surface area contributed by atoms with E-state index in [1.165, 1.54) is 58.2 Å². The molecule has 0 aromatic heterocycles. The van der Waals surface area contributed by atoms with E-state index >= 15 is 0 Å². The fraction of sp³-hybridized carbons (Fsp3) is 1.00. The molecule has 0 heterocycles. The van der Waals surface area contributed by atoms with Crippen molar-refractivity contribution >= 4 is 0 Å². The molecule has 0 aromatic carbocycles. The second-order valence-electron chi connectivity index (χ2n) is 5.69. The van der Waals surface area contributed by atoms with Crippen LogP contribution in [0.15, 0.2) is 0 Å². The molecule has 1 N–H and O–H groups in total. The van der Waals surface area contributed by atoms with E-state index in [0.29, 0.717) is 6.04 Å². The highest BCUT2D eigenvalue weighted by molar-refractivity contribution is 4.77. The summed E-state index contributed by atoms with van der Waals surface area (Å²) in [5, 5.41) is 3.66. The summed E-state index contributed by atoms with van der Waals surface area (Å²) in [6.45, 7) is 11.8. The second kappa shape index (κ2) is 8.93. The van der Waals surface area contributed by atoms with Crippen LogP contribution in [0.3, 0.4) is 0 Å². The zero-order valence-corrected chi connectivity index (χ0v) is 12.2. The molecule has 17 heavy (non-hydrogen) atoms. The molecular formula is C15H32N2. The number of hydrogen-bond acceptors (Lipinski definition) is 2. The van der Waals surface area contributed by atoms with E-state index < -0.39 is 0 Å². The first kappa shape index (κ1) is 15.0. The standard InChI is InChI=1S/C15H32N2/c1-4-6-7-8-14(3)16-11-12-17(5-2)13-15-9-10-15/h14-16H,4-13H2,1-3H3. The SMILES string of the molecule is CCCCCC(C)NCCN(CC)CC1CC1. The molecule has 102 valence electrons. The fourth-order valence-corrected chi connectivity index (χ4v) is 2.32. The summed E-state index contributed by atoms with van der Waals surface area (Å²) < 4.78 is 0. The predicted molar refractivity (Wildman–Crippen MR) is 76.4 cm³/mol. The lowest BCUT2D eigenvalue weighted by molar-refractivity contribution is 0.271. The van der Waals surface area contributed by atoms with E-state index in [1.54, 1.807) is 0 Å². The molecule has 0 spiro atoms. The van der Waals surface area contributed by atoms with Gasteiger partial charge in [-0.1, -0.05) is 33.1 Å². The van der Waals surface area contributed by atoms with Crippen LogP contribution in [-0.4, -0.2) is 37.1 Å². The molecule has 2 nitrogen and oxygen atoms in total. The minimum absolute atomic E-state index is 0.696. The van der Waals surface area contributed by atoms with Gasteiger partial charge in [0.15, 0.2) is 0 Å². The largest absolute Gasteiger partial charge is 0.313 e. The molecule has 1 fully saturated rings. The van der Waals surface area contributed by atoms with Crippen LogP contribution in [0, 0.1) is 5.92 Å². The monoisotopic (exact) mass is 240 g/mol. The third-order valence-corrected chi connectivity index (χ3v) is 3.82. The number of nitrogens with one attached hydrogen (secondary N) is 1. The van der Waals surface area contributed by atoms with Crippen molar-refractivity contribution < 1.29 is 0 Å². The molecule has 0 radical (unpaired) electrons. The van der Waals surface area contributed by atoms with Gasteiger partial charge in [0.05, 0.1) is 0 Å². The maximum absolute atomic E-state index is 3.66. The molecule has 0 bridgehead atoms. The Hall–Kier alpha value is -0.0800. The Kier molecular flexibility index (Phi) is 7.87. The van der Waals surface area contributed by atoms with Crippen molar-refractivity contribution in [2.24, 2.45) is 5.92 Å².